The number of quaternary nitrogens is 1. The molecular weight excluding hydrogens is 1300 g/mol. The minimum Gasteiger partial charge on any atom is -0.477 e. The lowest BCUT2D eigenvalue weighted by molar-refractivity contribution is -0.870. The zero-order valence-electron chi connectivity index (χ0n) is 68.6. The average molecular weight is 1460 g/mol. The molecule has 0 heterocycles. The first-order valence-electron chi connectivity index (χ1n) is 43.3. The third-order valence-corrected chi connectivity index (χ3v) is 18.5. The predicted octanol–water partition coefficient (Wildman–Crippen LogP) is 28.5. The van der Waals surface area contributed by atoms with Crippen molar-refractivity contribution >= 4 is 17.9 Å². The summed E-state index contributed by atoms with van der Waals surface area (Å²) in [6.07, 6.45) is 124. The summed E-state index contributed by atoms with van der Waals surface area (Å²) in [4.78, 5) is 37.8. The SMILES string of the molecule is CC/C=C\C/C=C\C/C=C\C/C=C\C/C=C\C/C=C\C/C=C\C/C=C\C/C=C\C/C=C\CCCCCCCCCCCCC(=O)OC(COC(=O)CCCCCCCCCCCCCCCCCCCCCCCCCCCC/C=C\C/C=C\C/C=C\C/C=C\CC)COC(OCC[N+](C)(C)C)C(=O)O. The minimum atomic E-state index is -1.52. The third kappa shape index (κ3) is 85.8. The van der Waals surface area contributed by atoms with E-state index >= 15 is 0 Å². The number of carbonyl (C=O) groups excluding carboxylic acids is 2. The molecule has 0 aromatic carbocycles. The summed E-state index contributed by atoms with van der Waals surface area (Å²) in [5.74, 6) is -2.00. The van der Waals surface area contributed by atoms with Gasteiger partial charge in [-0.05, 0) is 128 Å². The first kappa shape index (κ1) is 99.7. The zero-order chi connectivity index (χ0) is 76.0. The summed E-state index contributed by atoms with van der Waals surface area (Å²) < 4.78 is 23.1. The number of ether oxygens (including phenoxy) is 4. The number of carbonyl (C=O) groups is 3. The van der Waals surface area contributed by atoms with E-state index in [1.54, 1.807) is 0 Å². The molecule has 0 amide bonds. The molecule has 9 heteroatoms. The lowest BCUT2D eigenvalue weighted by Crippen LogP contribution is -2.40. The van der Waals surface area contributed by atoms with E-state index in [4.69, 9.17) is 18.9 Å². The van der Waals surface area contributed by atoms with E-state index in [0.29, 0.717) is 23.9 Å². The van der Waals surface area contributed by atoms with Gasteiger partial charge < -0.3 is 28.5 Å². The Balaban J connectivity index is 4.02. The summed E-state index contributed by atoms with van der Waals surface area (Å²) >= 11 is 0. The normalized spacial score (nSPS) is 13.5. The van der Waals surface area contributed by atoms with Crippen LogP contribution < -0.4 is 0 Å². The van der Waals surface area contributed by atoms with Gasteiger partial charge in [0.15, 0.2) is 6.10 Å². The van der Waals surface area contributed by atoms with Gasteiger partial charge in [0.25, 0.3) is 6.29 Å². The number of hydrogen-bond donors (Lipinski definition) is 1. The van der Waals surface area contributed by atoms with Crippen molar-refractivity contribution < 1.29 is 42.9 Å². The van der Waals surface area contributed by atoms with Crippen LogP contribution in [0, 0.1) is 0 Å². The topological polar surface area (TPSA) is 108 Å². The number of hydrogen-bond acceptors (Lipinski definition) is 7. The van der Waals surface area contributed by atoms with Gasteiger partial charge in [-0.3, -0.25) is 9.59 Å². The highest BCUT2D eigenvalue weighted by atomic mass is 16.7. The van der Waals surface area contributed by atoms with Crippen LogP contribution in [0.15, 0.2) is 170 Å². The van der Waals surface area contributed by atoms with Crippen molar-refractivity contribution in [1.82, 2.24) is 0 Å². The molecular formula is C96H162NO8+. The molecule has 9 nitrogen and oxygen atoms in total. The van der Waals surface area contributed by atoms with Gasteiger partial charge in [0.1, 0.15) is 13.2 Å². The zero-order valence-corrected chi connectivity index (χ0v) is 68.6. The van der Waals surface area contributed by atoms with Gasteiger partial charge in [0, 0.05) is 12.8 Å². The third-order valence-electron chi connectivity index (χ3n) is 18.5. The van der Waals surface area contributed by atoms with Crippen molar-refractivity contribution in [2.45, 2.75) is 373 Å². The Hall–Kier alpha value is -5.35. The fraction of sp³-hybridized carbons (Fsp3) is 0.677. The van der Waals surface area contributed by atoms with Gasteiger partial charge in [-0.2, -0.15) is 0 Å². The maximum Gasteiger partial charge on any atom is 0.361 e. The van der Waals surface area contributed by atoms with Gasteiger partial charge in [0.05, 0.1) is 34.4 Å². The summed E-state index contributed by atoms with van der Waals surface area (Å²) in [6, 6.07) is 0. The van der Waals surface area contributed by atoms with Crippen molar-refractivity contribution in [3.05, 3.63) is 170 Å². The average Bonchev–Trinajstić information content (AvgIpc) is 1.18. The largest absolute Gasteiger partial charge is 0.477 e. The van der Waals surface area contributed by atoms with E-state index in [0.717, 1.165) is 135 Å². The molecule has 0 aliphatic heterocycles. The maximum atomic E-state index is 13.0. The molecule has 598 valence electrons. The number of likely N-dealkylation sites (N-methyl/N-ethyl adjacent to an activating group) is 1. The van der Waals surface area contributed by atoms with E-state index in [9.17, 15) is 19.5 Å². The van der Waals surface area contributed by atoms with Gasteiger partial charge in [-0.15, -0.1) is 0 Å². The van der Waals surface area contributed by atoms with Crippen LogP contribution in [0.25, 0.3) is 0 Å². The van der Waals surface area contributed by atoms with Gasteiger partial charge in [-0.1, -0.05) is 389 Å². The second-order valence-corrected chi connectivity index (χ2v) is 29.7. The standard InChI is InChI=1S/C96H161NO8/c1-6-8-10-12-14-16-18-20-22-24-26-28-30-32-34-36-38-40-42-44-46-47-49-51-53-55-57-59-61-63-65-67-69-71-73-75-77-79-81-83-85-87-94(99)105-92(91-104-96(95(100)101)102-89-88-97(3,4)5)90-103-93(98)86-84-82-80-78-76-74-72-70-68-66-64-62-60-58-56-54-52-50-48-45-43-41-39-37-35-33-31-29-27-25-23-21-19-17-15-13-11-9-7-2/h8-11,14-17,20-23,26-29,32,34,38,40,44,46,49,51,55,57,61,63,92,96H,6-7,12-13,18-19,24-25,30-31,33,35-37,39,41-43,45,47-48,50,52-54,56,58-60,62,64-91H2,1-5H3/p+1/b10-8-,11-9-,16-14-,17-15-,22-20-,23-21-,28-26-,29-27-,34-32-,40-38-,46-44-,51-49-,57-55-,63-61-. The summed E-state index contributed by atoms with van der Waals surface area (Å²) in [6.45, 7) is 4.67. The van der Waals surface area contributed by atoms with Crippen molar-refractivity contribution in [3.63, 3.8) is 0 Å². The van der Waals surface area contributed by atoms with Crippen LogP contribution >= 0.6 is 0 Å². The molecule has 0 aromatic heterocycles. The number of esters is 2. The monoisotopic (exact) mass is 1460 g/mol. The number of nitrogens with zero attached hydrogens (tertiary/aromatic N) is 1. The molecule has 1 N–H and O–H groups in total. The molecule has 2 unspecified atom stereocenters. The van der Waals surface area contributed by atoms with E-state index in [1.165, 1.54) is 193 Å². The fourth-order valence-electron chi connectivity index (χ4n) is 12.0. The van der Waals surface area contributed by atoms with Crippen LogP contribution in [-0.2, 0) is 33.3 Å². The molecule has 2 atom stereocenters. The second kappa shape index (κ2) is 84.3. The maximum absolute atomic E-state index is 13.0. The number of unbranched alkanes of at least 4 members (excludes halogenated alkanes) is 36. The Kier molecular flexibility index (Phi) is 80.0. The summed E-state index contributed by atoms with van der Waals surface area (Å²) in [5, 5.41) is 9.79. The highest BCUT2D eigenvalue weighted by Crippen LogP contribution is 2.19. The van der Waals surface area contributed by atoms with Gasteiger partial charge in [-0.25, -0.2) is 4.79 Å². The van der Waals surface area contributed by atoms with Crippen molar-refractivity contribution in [2.24, 2.45) is 0 Å². The summed E-state index contributed by atoms with van der Waals surface area (Å²) in [5.41, 5.74) is 0. The molecule has 105 heavy (non-hydrogen) atoms. The molecule has 0 aliphatic rings. The molecule has 0 saturated carbocycles. The Labute approximate surface area is 647 Å². The van der Waals surface area contributed by atoms with Crippen LogP contribution in [0.1, 0.15) is 361 Å². The number of carboxylic acid groups (broad SMARTS) is 1. The second-order valence-electron chi connectivity index (χ2n) is 29.7. The van der Waals surface area contributed by atoms with Crippen LogP contribution in [0.2, 0.25) is 0 Å². The quantitative estimate of drug-likeness (QED) is 0.0211. The van der Waals surface area contributed by atoms with Crippen LogP contribution in [0.3, 0.4) is 0 Å². The van der Waals surface area contributed by atoms with Crippen LogP contribution in [-0.4, -0.2) is 87.4 Å². The van der Waals surface area contributed by atoms with Gasteiger partial charge in [0.2, 0.25) is 0 Å². The van der Waals surface area contributed by atoms with E-state index in [1.807, 2.05) is 21.1 Å². The molecule has 0 saturated heterocycles. The molecule has 0 bridgehead atoms. The van der Waals surface area contributed by atoms with E-state index in [2.05, 4.69) is 184 Å². The molecule has 0 aliphatic carbocycles. The van der Waals surface area contributed by atoms with Crippen molar-refractivity contribution in [2.75, 3.05) is 47.5 Å². The Bertz CT molecular complexity index is 2350. The van der Waals surface area contributed by atoms with Crippen LogP contribution in [0.5, 0.6) is 0 Å². The Morgan fingerprint density at radius 1 is 0.286 bits per heavy atom. The minimum absolute atomic E-state index is 0.182. The van der Waals surface area contributed by atoms with Gasteiger partial charge >= 0.3 is 17.9 Å². The lowest BCUT2D eigenvalue weighted by Gasteiger charge is -2.25. The number of allylic oxidation sites excluding steroid dienone is 28. The Morgan fingerprint density at radius 3 is 0.762 bits per heavy atom. The van der Waals surface area contributed by atoms with Crippen LogP contribution in [0.4, 0.5) is 0 Å². The molecule has 0 aromatic rings. The smallest absolute Gasteiger partial charge is 0.361 e. The number of carboxylic acids is 1. The number of aliphatic carboxylic acids is 1. The van der Waals surface area contributed by atoms with E-state index < -0.39 is 24.3 Å². The lowest BCUT2D eigenvalue weighted by atomic mass is 10.0. The van der Waals surface area contributed by atoms with E-state index in [-0.39, 0.29) is 32.2 Å². The number of rotatable bonds is 79. The summed E-state index contributed by atoms with van der Waals surface area (Å²) in [7, 11) is 5.98. The fourth-order valence-corrected chi connectivity index (χ4v) is 12.0. The van der Waals surface area contributed by atoms with Crippen molar-refractivity contribution in [1.29, 1.82) is 0 Å². The molecule has 0 radical (unpaired) electrons. The first-order valence-corrected chi connectivity index (χ1v) is 43.3. The molecule has 0 rings (SSSR count). The highest BCUT2D eigenvalue weighted by Gasteiger charge is 2.25. The highest BCUT2D eigenvalue weighted by molar-refractivity contribution is 5.71. The molecule has 0 fully saturated rings. The predicted molar refractivity (Wildman–Crippen MR) is 456 cm³/mol. The molecule has 0 spiro atoms. The van der Waals surface area contributed by atoms with Crippen molar-refractivity contribution in [3.8, 4) is 0 Å². The first-order chi connectivity index (χ1) is 51.6. The Morgan fingerprint density at radius 2 is 0.514 bits per heavy atom.